The molecule has 18 heavy (non-hydrogen) atoms. The van der Waals surface area contributed by atoms with Crippen LogP contribution in [0, 0.1) is 0 Å². The summed E-state index contributed by atoms with van der Waals surface area (Å²) in [5.41, 5.74) is -0.629. The Hall–Kier alpha value is -1.52. The molecule has 0 unspecified atom stereocenters. The van der Waals surface area contributed by atoms with Gasteiger partial charge < -0.3 is 15.2 Å². The second kappa shape index (κ2) is 7.74. The molecule has 0 saturated heterocycles. The Labute approximate surface area is 108 Å². The largest absolute Gasteiger partial charge is 0.480 e. The molecule has 0 bridgehead atoms. The number of aliphatic carboxylic acids is 1. The van der Waals surface area contributed by atoms with E-state index in [2.05, 4.69) is 11.9 Å². The van der Waals surface area contributed by atoms with E-state index in [4.69, 9.17) is 9.84 Å². The van der Waals surface area contributed by atoms with E-state index < -0.39 is 23.7 Å². The van der Waals surface area contributed by atoms with Crippen LogP contribution in [0.1, 0.15) is 46.5 Å². The smallest absolute Gasteiger partial charge is 0.408 e. The number of rotatable bonds is 7. The number of carboxylic acid groups (broad SMARTS) is 1. The Morgan fingerprint density at radius 1 is 1.39 bits per heavy atom. The topological polar surface area (TPSA) is 75.6 Å². The van der Waals surface area contributed by atoms with Crippen molar-refractivity contribution < 1.29 is 19.4 Å². The fourth-order valence-electron chi connectivity index (χ4n) is 1.34. The number of carboxylic acids is 1. The monoisotopic (exact) mass is 257 g/mol. The fraction of sp³-hybridized carbons (Fsp3) is 0.692. The van der Waals surface area contributed by atoms with Crippen LogP contribution in [-0.4, -0.2) is 28.8 Å². The Bertz CT molecular complexity index is 294. The number of hydrogen-bond donors (Lipinski definition) is 2. The highest BCUT2D eigenvalue weighted by Crippen LogP contribution is 2.09. The molecule has 0 spiro atoms. The zero-order chi connectivity index (χ0) is 14.2. The molecule has 0 aromatic carbocycles. The van der Waals surface area contributed by atoms with Gasteiger partial charge in [-0.15, -0.1) is 6.58 Å². The van der Waals surface area contributed by atoms with Gasteiger partial charge in [0.05, 0.1) is 0 Å². The van der Waals surface area contributed by atoms with Gasteiger partial charge in [-0.2, -0.15) is 0 Å². The van der Waals surface area contributed by atoms with Crippen molar-refractivity contribution in [1.82, 2.24) is 5.32 Å². The molecule has 5 heteroatoms. The molecular formula is C13H23NO4. The van der Waals surface area contributed by atoms with E-state index in [1.165, 1.54) is 0 Å². The van der Waals surface area contributed by atoms with Gasteiger partial charge in [0.1, 0.15) is 11.6 Å². The highest BCUT2D eigenvalue weighted by Gasteiger charge is 2.23. The summed E-state index contributed by atoms with van der Waals surface area (Å²) in [5.74, 6) is -1.04. The van der Waals surface area contributed by atoms with E-state index in [-0.39, 0.29) is 0 Å². The number of amides is 1. The van der Waals surface area contributed by atoms with E-state index >= 15 is 0 Å². The second-order valence-electron chi connectivity index (χ2n) is 5.11. The van der Waals surface area contributed by atoms with Gasteiger partial charge in [0.25, 0.3) is 0 Å². The zero-order valence-corrected chi connectivity index (χ0v) is 11.4. The van der Waals surface area contributed by atoms with E-state index in [0.29, 0.717) is 6.42 Å². The first-order valence-electron chi connectivity index (χ1n) is 6.09. The predicted octanol–water partition coefficient (Wildman–Crippen LogP) is 2.71. The summed E-state index contributed by atoms with van der Waals surface area (Å²) in [6, 6.07) is -0.898. The Kier molecular flexibility index (Phi) is 7.08. The molecule has 0 rings (SSSR count). The predicted molar refractivity (Wildman–Crippen MR) is 69.5 cm³/mol. The summed E-state index contributed by atoms with van der Waals surface area (Å²) in [6.07, 6.45) is 3.92. The maximum Gasteiger partial charge on any atom is 0.408 e. The zero-order valence-electron chi connectivity index (χ0n) is 11.4. The van der Waals surface area contributed by atoms with E-state index in [9.17, 15) is 9.59 Å². The minimum absolute atomic E-state index is 0.391. The van der Waals surface area contributed by atoms with Crippen LogP contribution in [0.2, 0.25) is 0 Å². The van der Waals surface area contributed by atoms with Crippen molar-refractivity contribution in [3.05, 3.63) is 12.7 Å². The molecule has 0 aliphatic carbocycles. The minimum Gasteiger partial charge on any atom is -0.480 e. The van der Waals surface area contributed by atoms with E-state index in [1.54, 1.807) is 26.8 Å². The van der Waals surface area contributed by atoms with Crippen molar-refractivity contribution in [2.45, 2.75) is 58.1 Å². The van der Waals surface area contributed by atoms with Gasteiger partial charge in [-0.25, -0.2) is 9.59 Å². The maximum atomic E-state index is 11.4. The molecule has 0 heterocycles. The number of ether oxygens (including phenoxy) is 1. The van der Waals surface area contributed by atoms with E-state index in [0.717, 1.165) is 19.3 Å². The normalized spacial score (nSPS) is 12.6. The molecule has 1 atom stereocenters. The van der Waals surface area contributed by atoms with Gasteiger partial charge in [0.15, 0.2) is 0 Å². The van der Waals surface area contributed by atoms with Gasteiger partial charge in [-0.3, -0.25) is 0 Å². The second-order valence-corrected chi connectivity index (χ2v) is 5.11. The minimum atomic E-state index is -1.04. The molecule has 0 saturated carbocycles. The number of allylic oxidation sites excluding steroid dienone is 1. The van der Waals surface area contributed by atoms with Crippen molar-refractivity contribution >= 4 is 12.1 Å². The van der Waals surface area contributed by atoms with Gasteiger partial charge >= 0.3 is 12.1 Å². The van der Waals surface area contributed by atoms with Crippen molar-refractivity contribution in [2.75, 3.05) is 0 Å². The summed E-state index contributed by atoms with van der Waals surface area (Å²) in [6.45, 7) is 8.78. The number of nitrogens with one attached hydrogen (secondary N) is 1. The Balaban J connectivity index is 4.15. The highest BCUT2D eigenvalue weighted by molar-refractivity contribution is 5.79. The lowest BCUT2D eigenvalue weighted by Crippen LogP contribution is -2.43. The maximum absolute atomic E-state index is 11.4. The number of carbonyl (C=O) groups is 2. The average Bonchev–Trinajstić information content (AvgIpc) is 2.19. The summed E-state index contributed by atoms with van der Waals surface area (Å²) in [5, 5.41) is 11.3. The molecule has 1 amide bonds. The summed E-state index contributed by atoms with van der Waals surface area (Å²) < 4.78 is 5.02. The van der Waals surface area contributed by atoms with Crippen molar-refractivity contribution in [2.24, 2.45) is 0 Å². The molecule has 2 N–H and O–H groups in total. The van der Waals surface area contributed by atoms with Crippen molar-refractivity contribution in [1.29, 1.82) is 0 Å². The number of alkyl carbamates (subject to hydrolysis) is 1. The average molecular weight is 257 g/mol. The molecule has 5 nitrogen and oxygen atoms in total. The van der Waals surface area contributed by atoms with Crippen LogP contribution in [0.4, 0.5) is 4.79 Å². The Morgan fingerprint density at radius 2 is 2.00 bits per heavy atom. The van der Waals surface area contributed by atoms with Gasteiger partial charge in [0, 0.05) is 0 Å². The third-order valence-electron chi connectivity index (χ3n) is 2.14. The molecule has 0 aromatic rings. The number of carbonyl (C=O) groups excluding carboxylic acids is 1. The first-order valence-corrected chi connectivity index (χ1v) is 6.09. The molecule has 104 valence electrons. The van der Waals surface area contributed by atoms with Crippen molar-refractivity contribution in [3.8, 4) is 0 Å². The lowest BCUT2D eigenvalue weighted by molar-refractivity contribution is -0.139. The summed E-state index contributed by atoms with van der Waals surface area (Å²) >= 11 is 0. The molecular weight excluding hydrogens is 234 g/mol. The lowest BCUT2D eigenvalue weighted by atomic mass is 10.1. The van der Waals surface area contributed by atoms with Crippen LogP contribution in [-0.2, 0) is 9.53 Å². The summed E-state index contributed by atoms with van der Waals surface area (Å²) in [4.78, 5) is 22.4. The molecule has 0 aliphatic heterocycles. The Morgan fingerprint density at radius 3 is 2.44 bits per heavy atom. The molecule has 0 aliphatic rings. The third kappa shape index (κ3) is 8.61. The van der Waals surface area contributed by atoms with Crippen LogP contribution < -0.4 is 5.32 Å². The van der Waals surface area contributed by atoms with E-state index in [1.807, 2.05) is 0 Å². The third-order valence-corrected chi connectivity index (χ3v) is 2.14. The number of hydrogen-bond acceptors (Lipinski definition) is 3. The van der Waals surface area contributed by atoms with Crippen LogP contribution in [0.5, 0.6) is 0 Å². The number of unbranched alkanes of at least 4 members (excludes halogenated alkanes) is 2. The fourth-order valence-corrected chi connectivity index (χ4v) is 1.34. The SMILES string of the molecule is C=CCCCC[C@@H](NC(=O)OC(C)(C)C)C(=O)O. The quantitative estimate of drug-likeness (QED) is 0.543. The standard InChI is InChI=1S/C13H23NO4/c1-5-6-7-8-9-10(11(15)16)14-12(17)18-13(2,3)4/h5,10H,1,6-9H2,2-4H3,(H,14,17)(H,15,16)/t10-/m1/s1. The molecule has 0 radical (unpaired) electrons. The molecule has 0 aromatic heterocycles. The molecule has 0 fully saturated rings. The summed E-state index contributed by atoms with van der Waals surface area (Å²) in [7, 11) is 0. The van der Waals surface area contributed by atoms with Crippen LogP contribution in [0.25, 0.3) is 0 Å². The first kappa shape index (κ1) is 16.5. The van der Waals surface area contributed by atoms with Crippen molar-refractivity contribution in [3.63, 3.8) is 0 Å². The van der Waals surface area contributed by atoms with Crippen LogP contribution in [0.3, 0.4) is 0 Å². The van der Waals surface area contributed by atoms with Gasteiger partial charge in [0.2, 0.25) is 0 Å². The van der Waals surface area contributed by atoms with Crippen LogP contribution >= 0.6 is 0 Å². The highest BCUT2D eigenvalue weighted by atomic mass is 16.6. The lowest BCUT2D eigenvalue weighted by Gasteiger charge is -2.21. The van der Waals surface area contributed by atoms with Gasteiger partial charge in [-0.05, 0) is 40.0 Å². The van der Waals surface area contributed by atoms with Gasteiger partial charge in [-0.1, -0.05) is 12.5 Å². The first-order chi connectivity index (χ1) is 8.26. The van der Waals surface area contributed by atoms with Crippen LogP contribution in [0.15, 0.2) is 12.7 Å².